The third kappa shape index (κ3) is 2.15. The third-order valence-electron chi connectivity index (χ3n) is 3.03. The van der Waals surface area contributed by atoms with E-state index in [9.17, 15) is 18.0 Å². The maximum Gasteiger partial charge on any atom is 0.303 e. The number of carboxylic acids is 1. The summed E-state index contributed by atoms with van der Waals surface area (Å²) in [5.41, 5.74) is 0. The van der Waals surface area contributed by atoms with Gasteiger partial charge in [-0.1, -0.05) is 0 Å². The molecule has 7 heteroatoms. The average Bonchev–Trinajstić information content (AvgIpc) is 2.16. The van der Waals surface area contributed by atoms with E-state index in [0.717, 1.165) is 4.31 Å². The Bertz CT molecular complexity index is 440. The normalized spacial score (nSPS) is 23.0. The largest absolute Gasteiger partial charge is 0.481 e. The minimum Gasteiger partial charge on any atom is -0.481 e. The molecule has 1 amide bonds. The molecule has 0 bridgehead atoms. The average molecular weight is 263 g/mol. The van der Waals surface area contributed by atoms with Crippen molar-refractivity contribution in [2.45, 2.75) is 50.8 Å². The van der Waals surface area contributed by atoms with Gasteiger partial charge in [-0.05, 0) is 33.6 Å². The summed E-state index contributed by atoms with van der Waals surface area (Å²) >= 11 is 0. The predicted molar refractivity (Wildman–Crippen MR) is 60.8 cm³/mol. The van der Waals surface area contributed by atoms with Crippen molar-refractivity contribution in [3.05, 3.63) is 0 Å². The van der Waals surface area contributed by atoms with E-state index in [-0.39, 0.29) is 6.42 Å². The molecule has 0 radical (unpaired) electrons. The Balaban J connectivity index is 2.64. The Labute approximate surface area is 101 Å². The van der Waals surface area contributed by atoms with Crippen LogP contribution in [-0.4, -0.2) is 40.5 Å². The maximum absolute atomic E-state index is 11.8. The molecule has 98 valence electrons. The monoisotopic (exact) mass is 263 g/mol. The lowest BCUT2D eigenvalue weighted by molar-refractivity contribution is -0.137. The van der Waals surface area contributed by atoms with Gasteiger partial charge in [0.1, 0.15) is 0 Å². The molecule has 1 N–H and O–H groups in total. The van der Waals surface area contributed by atoms with Gasteiger partial charge in [-0.2, -0.15) is 0 Å². The molecule has 0 aromatic carbocycles. The van der Waals surface area contributed by atoms with Gasteiger partial charge in [0.25, 0.3) is 15.9 Å². The lowest BCUT2D eigenvalue weighted by Gasteiger charge is -2.46. The fourth-order valence-corrected chi connectivity index (χ4v) is 3.50. The molecule has 1 fully saturated rings. The van der Waals surface area contributed by atoms with E-state index in [1.807, 2.05) is 0 Å². The van der Waals surface area contributed by atoms with E-state index < -0.39 is 32.7 Å². The summed E-state index contributed by atoms with van der Waals surface area (Å²) < 4.78 is 23.1. The Morgan fingerprint density at radius 1 is 1.47 bits per heavy atom. The zero-order chi connectivity index (χ0) is 13.4. The summed E-state index contributed by atoms with van der Waals surface area (Å²) in [7, 11) is -3.56. The van der Waals surface area contributed by atoms with Crippen molar-refractivity contribution < 1.29 is 23.1 Å². The van der Waals surface area contributed by atoms with Gasteiger partial charge in [-0.25, -0.2) is 12.7 Å². The third-order valence-corrected chi connectivity index (χ3v) is 5.54. The molecule has 1 saturated heterocycles. The molecule has 1 aliphatic rings. The summed E-state index contributed by atoms with van der Waals surface area (Å²) in [6.45, 7) is 4.38. The first-order valence-electron chi connectivity index (χ1n) is 5.42. The number of amides is 1. The molecule has 1 atom stereocenters. The zero-order valence-corrected chi connectivity index (χ0v) is 11.0. The molecule has 1 rings (SSSR count). The van der Waals surface area contributed by atoms with Crippen LogP contribution in [-0.2, 0) is 19.6 Å². The first-order valence-corrected chi connectivity index (χ1v) is 6.86. The van der Waals surface area contributed by atoms with Crippen LogP contribution in [0.25, 0.3) is 0 Å². The predicted octanol–water partition coefficient (Wildman–Crippen LogP) is 0.580. The molecule has 0 aromatic heterocycles. The summed E-state index contributed by atoms with van der Waals surface area (Å²) in [6, 6.07) is -0.472. The van der Waals surface area contributed by atoms with Gasteiger partial charge >= 0.3 is 5.97 Å². The SMILES string of the molecule is CC(CCCC(=O)O)N1C(=O)C(C)(C)S1(=O)=O. The molecule has 0 saturated carbocycles. The van der Waals surface area contributed by atoms with Gasteiger partial charge in [-0.3, -0.25) is 9.59 Å². The highest BCUT2D eigenvalue weighted by Gasteiger charge is 2.61. The molecule has 17 heavy (non-hydrogen) atoms. The number of nitrogens with zero attached hydrogens (tertiary/aromatic N) is 1. The van der Waals surface area contributed by atoms with Crippen molar-refractivity contribution in [2.24, 2.45) is 0 Å². The Hall–Kier alpha value is -1.11. The van der Waals surface area contributed by atoms with Crippen molar-refractivity contribution in [3.8, 4) is 0 Å². The molecule has 6 nitrogen and oxygen atoms in total. The molecular weight excluding hydrogens is 246 g/mol. The van der Waals surface area contributed by atoms with Crippen molar-refractivity contribution in [1.29, 1.82) is 0 Å². The molecular formula is C10H17NO5S. The first kappa shape index (κ1) is 14.0. The smallest absolute Gasteiger partial charge is 0.303 e. The van der Waals surface area contributed by atoms with Gasteiger partial charge in [0.2, 0.25) is 0 Å². The maximum atomic E-state index is 11.8. The highest BCUT2D eigenvalue weighted by atomic mass is 32.2. The van der Waals surface area contributed by atoms with Gasteiger partial charge in [0.05, 0.1) is 0 Å². The number of carbonyl (C=O) groups excluding carboxylic acids is 1. The van der Waals surface area contributed by atoms with Crippen LogP contribution in [0.5, 0.6) is 0 Å². The lowest BCUT2D eigenvalue weighted by Crippen LogP contribution is -2.69. The molecule has 0 spiro atoms. The second kappa shape index (κ2) is 4.29. The number of hydrogen-bond donors (Lipinski definition) is 1. The van der Waals surface area contributed by atoms with Crippen molar-refractivity contribution in [3.63, 3.8) is 0 Å². The van der Waals surface area contributed by atoms with E-state index in [1.54, 1.807) is 6.92 Å². The van der Waals surface area contributed by atoms with Crippen molar-refractivity contribution in [1.82, 2.24) is 4.31 Å². The Morgan fingerprint density at radius 2 is 2.00 bits per heavy atom. The van der Waals surface area contributed by atoms with Crippen LogP contribution in [0.1, 0.15) is 40.0 Å². The molecule has 0 aromatic rings. The molecule has 1 heterocycles. The number of rotatable bonds is 5. The van der Waals surface area contributed by atoms with Gasteiger partial charge in [0, 0.05) is 12.5 Å². The first-order chi connectivity index (χ1) is 7.62. The standard InChI is InChI=1S/C10H17NO5S/c1-7(5-4-6-8(12)13)11-9(14)10(2,3)17(11,15)16/h7H,4-6H2,1-3H3,(H,12,13). The van der Waals surface area contributed by atoms with Gasteiger partial charge in [-0.15, -0.1) is 0 Å². The van der Waals surface area contributed by atoms with E-state index in [2.05, 4.69) is 0 Å². The number of carboxylic acid groups (broad SMARTS) is 1. The van der Waals surface area contributed by atoms with Crippen LogP contribution in [0.3, 0.4) is 0 Å². The Morgan fingerprint density at radius 3 is 2.41 bits per heavy atom. The van der Waals surface area contributed by atoms with E-state index in [1.165, 1.54) is 13.8 Å². The fraction of sp³-hybridized carbons (Fsp3) is 0.800. The van der Waals surface area contributed by atoms with Crippen LogP contribution in [0.4, 0.5) is 0 Å². The number of hydrogen-bond acceptors (Lipinski definition) is 4. The highest BCUT2D eigenvalue weighted by molar-refractivity contribution is 7.94. The minimum absolute atomic E-state index is 0.0180. The zero-order valence-electron chi connectivity index (χ0n) is 10.1. The van der Waals surface area contributed by atoms with Crippen LogP contribution < -0.4 is 0 Å². The van der Waals surface area contributed by atoms with Crippen molar-refractivity contribution >= 4 is 21.9 Å². The summed E-state index contributed by atoms with van der Waals surface area (Å²) in [6.07, 6.45) is 0.708. The van der Waals surface area contributed by atoms with Gasteiger partial charge in [0.15, 0.2) is 4.75 Å². The number of carbonyl (C=O) groups is 2. The second-order valence-electron chi connectivity index (χ2n) is 4.75. The summed E-state index contributed by atoms with van der Waals surface area (Å²) in [5.74, 6) is -1.34. The molecule has 1 unspecified atom stereocenters. The van der Waals surface area contributed by atoms with Crippen LogP contribution in [0.15, 0.2) is 0 Å². The minimum atomic E-state index is -3.56. The number of aliphatic carboxylic acids is 1. The quantitative estimate of drug-likeness (QED) is 0.783. The topological polar surface area (TPSA) is 91.8 Å². The van der Waals surface area contributed by atoms with Gasteiger partial charge < -0.3 is 5.11 Å². The van der Waals surface area contributed by atoms with Crippen LogP contribution in [0.2, 0.25) is 0 Å². The lowest BCUT2D eigenvalue weighted by atomic mass is 10.1. The van der Waals surface area contributed by atoms with Crippen LogP contribution in [0, 0.1) is 0 Å². The summed E-state index contributed by atoms with van der Waals surface area (Å²) in [5, 5.41) is 8.48. The van der Waals surface area contributed by atoms with Crippen LogP contribution >= 0.6 is 0 Å². The second-order valence-corrected chi connectivity index (χ2v) is 7.12. The fourth-order valence-electron chi connectivity index (χ4n) is 1.79. The summed E-state index contributed by atoms with van der Waals surface area (Å²) in [4.78, 5) is 22.0. The van der Waals surface area contributed by atoms with E-state index >= 15 is 0 Å². The van der Waals surface area contributed by atoms with E-state index in [0.29, 0.717) is 12.8 Å². The van der Waals surface area contributed by atoms with E-state index in [4.69, 9.17) is 5.11 Å². The molecule has 1 aliphatic heterocycles. The van der Waals surface area contributed by atoms with Crippen molar-refractivity contribution in [2.75, 3.05) is 0 Å². The molecule has 0 aliphatic carbocycles. The Kier molecular flexibility index (Phi) is 3.52. The number of sulfonamides is 1. The highest BCUT2D eigenvalue weighted by Crippen LogP contribution is 2.37.